The minimum atomic E-state index is -0.476. The van der Waals surface area contributed by atoms with Gasteiger partial charge in [-0.2, -0.15) is 9.78 Å². The van der Waals surface area contributed by atoms with Crippen LogP contribution in [0.15, 0.2) is 49.2 Å². The van der Waals surface area contributed by atoms with Gasteiger partial charge in [-0.25, -0.2) is 9.78 Å². The van der Waals surface area contributed by atoms with Gasteiger partial charge in [0, 0.05) is 10.4 Å². The summed E-state index contributed by atoms with van der Waals surface area (Å²) >= 11 is 6.89. The third kappa shape index (κ3) is 6.70. The molecule has 0 saturated heterocycles. The van der Waals surface area contributed by atoms with E-state index in [0.717, 1.165) is 4.47 Å². The van der Waals surface area contributed by atoms with Crippen LogP contribution in [-0.4, -0.2) is 41.2 Å². The Balaban J connectivity index is 1.99. The van der Waals surface area contributed by atoms with Crippen LogP contribution in [0.2, 0.25) is 0 Å². The van der Waals surface area contributed by atoms with Crippen LogP contribution >= 0.6 is 31.9 Å². The summed E-state index contributed by atoms with van der Waals surface area (Å²) in [6.07, 6.45) is 1.33. The Labute approximate surface area is 220 Å². The minimum Gasteiger partial charge on any atom is -0.490 e. The van der Waals surface area contributed by atoms with E-state index in [0.29, 0.717) is 44.9 Å². The molecule has 0 radical (unpaired) electrons. The van der Waals surface area contributed by atoms with Crippen molar-refractivity contribution in [2.24, 2.45) is 5.10 Å². The molecule has 186 valence electrons. The van der Waals surface area contributed by atoms with Gasteiger partial charge in [0.2, 0.25) is 0 Å². The summed E-state index contributed by atoms with van der Waals surface area (Å²) in [5.41, 5.74) is 1.02. The summed E-state index contributed by atoms with van der Waals surface area (Å²) in [6, 6.07) is 8.89. The molecular formula is C25H27Br2N3O5. The summed E-state index contributed by atoms with van der Waals surface area (Å²) in [5, 5.41) is 4.93. The SMILES string of the molecule is CCOc1cc(C=Nn2c(C(C)C)nc3ccc(Br)cc3c2=O)cc(Br)c1OCC(=O)OC(C)C. The van der Waals surface area contributed by atoms with Gasteiger partial charge in [0.15, 0.2) is 18.1 Å². The molecule has 35 heavy (non-hydrogen) atoms. The second-order valence-electron chi connectivity index (χ2n) is 8.24. The van der Waals surface area contributed by atoms with Crippen molar-refractivity contribution < 1.29 is 19.0 Å². The molecule has 1 aromatic heterocycles. The maximum atomic E-state index is 13.2. The molecule has 0 aliphatic heterocycles. The number of carbonyl (C=O) groups is 1. The third-order valence-corrected chi connectivity index (χ3v) is 5.79. The second kappa shape index (κ2) is 11.8. The van der Waals surface area contributed by atoms with Gasteiger partial charge in [0.05, 0.1) is 34.3 Å². The summed E-state index contributed by atoms with van der Waals surface area (Å²) < 4.78 is 19.2. The van der Waals surface area contributed by atoms with Gasteiger partial charge in [-0.1, -0.05) is 29.8 Å². The molecule has 2 aromatic carbocycles. The topological polar surface area (TPSA) is 92.0 Å². The Morgan fingerprint density at radius 2 is 1.89 bits per heavy atom. The lowest BCUT2D eigenvalue weighted by atomic mass is 10.2. The molecule has 10 heteroatoms. The van der Waals surface area contributed by atoms with Crippen molar-refractivity contribution in [2.45, 2.75) is 46.6 Å². The number of ether oxygens (including phenoxy) is 3. The third-order valence-electron chi connectivity index (χ3n) is 4.71. The zero-order valence-electron chi connectivity index (χ0n) is 20.2. The fourth-order valence-electron chi connectivity index (χ4n) is 3.27. The van der Waals surface area contributed by atoms with E-state index < -0.39 is 5.97 Å². The molecule has 0 fully saturated rings. The average Bonchev–Trinajstić information content (AvgIpc) is 2.77. The lowest BCUT2D eigenvalue weighted by Crippen LogP contribution is -2.23. The van der Waals surface area contributed by atoms with Gasteiger partial charge in [-0.15, -0.1) is 0 Å². The number of aromatic nitrogens is 2. The fourth-order valence-corrected chi connectivity index (χ4v) is 4.20. The van der Waals surface area contributed by atoms with Crippen molar-refractivity contribution in [2.75, 3.05) is 13.2 Å². The minimum absolute atomic E-state index is 0.0278. The van der Waals surface area contributed by atoms with Gasteiger partial charge in [0.25, 0.3) is 5.56 Å². The standard InChI is InChI=1S/C25H27Br2N3O5/c1-6-33-21-10-16(9-19(27)23(21)34-13-22(31)35-15(4)5)12-28-30-24(14(2)3)29-20-8-7-17(26)11-18(20)25(30)32/h7-12,14-15H,6,13H2,1-5H3. The first kappa shape index (κ1) is 26.9. The first-order valence-corrected chi connectivity index (χ1v) is 12.7. The van der Waals surface area contributed by atoms with Crippen LogP contribution in [0.3, 0.4) is 0 Å². The van der Waals surface area contributed by atoms with Crippen molar-refractivity contribution in [1.29, 1.82) is 0 Å². The number of nitrogens with zero attached hydrogens (tertiary/aromatic N) is 3. The van der Waals surface area contributed by atoms with Gasteiger partial charge >= 0.3 is 5.97 Å². The van der Waals surface area contributed by atoms with Crippen LogP contribution in [0, 0.1) is 0 Å². The first-order valence-electron chi connectivity index (χ1n) is 11.2. The molecule has 0 atom stereocenters. The number of hydrogen-bond donors (Lipinski definition) is 0. The number of fused-ring (bicyclic) bond motifs is 1. The Morgan fingerprint density at radius 3 is 2.54 bits per heavy atom. The monoisotopic (exact) mass is 607 g/mol. The molecule has 0 bridgehead atoms. The lowest BCUT2D eigenvalue weighted by Gasteiger charge is -2.15. The number of carbonyl (C=O) groups excluding carboxylic acids is 1. The maximum Gasteiger partial charge on any atom is 0.344 e. The van der Waals surface area contributed by atoms with Gasteiger partial charge in [-0.3, -0.25) is 4.79 Å². The van der Waals surface area contributed by atoms with Crippen LogP contribution in [-0.2, 0) is 9.53 Å². The Bertz CT molecular complexity index is 1320. The van der Waals surface area contributed by atoms with E-state index in [-0.39, 0.29) is 24.2 Å². The van der Waals surface area contributed by atoms with Crippen molar-refractivity contribution in [1.82, 2.24) is 9.66 Å². The van der Waals surface area contributed by atoms with E-state index >= 15 is 0 Å². The van der Waals surface area contributed by atoms with E-state index in [1.165, 1.54) is 4.68 Å². The second-order valence-corrected chi connectivity index (χ2v) is 10.0. The molecule has 3 rings (SSSR count). The highest BCUT2D eigenvalue weighted by Gasteiger charge is 2.16. The highest BCUT2D eigenvalue weighted by molar-refractivity contribution is 9.10. The van der Waals surface area contributed by atoms with Gasteiger partial charge < -0.3 is 14.2 Å². The van der Waals surface area contributed by atoms with E-state index in [2.05, 4.69) is 41.9 Å². The van der Waals surface area contributed by atoms with Crippen LogP contribution in [0.5, 0.6) is 11.5 Å². The number of hydrogen-bond acceptors (Lipinski definition) is 7. The maximum absolute atomic E-state index is 13.2. The molecule has 0 N–H and O–H groups in total. The van der Waals surface area contributed by atoms with Crippen molar-refractivity contribution >= 4 is 54.9 Å². The number of halogens is 2. The zero-order chi connectivity index (χ0) is 25.7. The Hall–Kier alpha value is -2.72. The smallest absolute Gasteiger partial charge is 0.344 e. The molecule has 3 aromatic rings. The van der Waals surface area contributed by atoms with E-state index in [4.69, 9.17) is 14.2 Å². The van der Waals surface area contributed by atoms with Crippen LogP contribution < -0.4 is 15.0 Å². The number of esters is 1. The number of benzene rings is 2. The van der Waals surface area contributed by atoms with E-state index in [1.54, 1.807) is 38.3 Å². The van der Waals surface area contributed by atoms with Crippen molar-refractivity contribution in [3.63, 3.8) is 0 Å². The molecule has 0 aliphatic carbocycles. The quantitative estimate of drug-likeness (QED) is 0.230. The highest BCUT2D eigenvalue weighted by atomic mass is 79.9. The van der Waals surface area contributed by atoms with Crippen LogP contribution in [0.25, 0.3) is 10.9 Å². The highest BCUT2D eigenvalue weighted by Crippen LogP contribution is 2.36. The molecule has 0 spiro atoms. The van der Waals surface area contributed by atoms with Crippen LogP contribution in [0.1, 0.15) is 51.9 Å². The lowest BCUT2D eigenvalue weighted by molar-refractivity contribution is -0.149. The fraction of sp³-hybridized carbons (Fsp3) is 0.360. The molecular weight excluding hydrogens is 582 g/mol. The van der Waals surface area contributed by atoms with Crippen molar-refractivity contribution in [3.8, 4) is 11.5 Å². The van der Waals surface area contributed by atoms with Gasteiger partial charge in [0.1, 0.15) is 5.82 Å². The summed E-state index contributed by atoms with van der Waals surface area (Å²) in [7, 11) is 0. The van der Waals surface area contributed by atoms with E-state index in [9.17, 15) is 9.59 Å². The first-order chi connectivity index (χ1) is 16.6. The largest absolute Gasteiger partial charge is 0.490 e. The predicted octanol–water partition coefficient (Wildman–Crippen LogP) is 5.66. The molecule has 0 unspecified atom stereocenters. The molecule has 8 nitrogen and oxygen atoms in total. The average molecular weight is 609 g/mol. The Kier molecular flexibility index (Phi) is 9.07. The van der Waals surface area contributed by atoms with Crippen molar-refractivity contribution in [3.05, 3.63) is 61.0 Å². The molecule has 0 amide bonds. The molecule has 1 heterocycles. The van der Waals surface area contributed by atoms with E-state index in [1.807, 2.05) is 32.9 Å². The molecule has 0 saturated carbocycles. The molecule has 0 aliphatic rings. The zero-order valence-corrected chi connectivity index (χ0v) is 23.3. The Morgan fingerprint density at radius 1 is 1.14 bits per heavy atom. The number of rotatable bonds is 9. The van der Waals surface area contributed by atoms with Gasteiger partial charge in [-0.05, 0) is 72.6 Å². The normalized spacial score (nSPS) is 11.6. The summed E-state index contributed by atoms with van der Waals surface area (Å²) in [6.45, 7) is 9.44. The van der Waals surface area contributed by atoms with Crippen LogP contribution in [0.4, 0.5) is 0 Å². The predicted molar refractivity (Wildman–Crippen MR) is 143 cm³/mol. The summed E-state index contributed by atoms with van der Waals surface area (Å²) in [4.78, 5) is 29.8. The summed E-state index contributed by atoms with van der Waals surface area (Å²) in [5.74, 6) is 0.851.